The van der Waals surface area contributed by atoms with Crippen LogP contribution in [-0.4, -0.2) is 23.9 Å². The molecule has 0 unspecified atom stereocenters. The second-order valence-electron chi connectivity index (χ2n) is 5.06. The van der Waals surface area contributed by atoms with Gasteiger partial charge in [0.05, 0.1) is 12.8 Å². The van der Waals surface area contributed by atoms with Gasteiger partial charge < -0.3 is 15.2 Å². The van der Waals surface area contributed by atoms with Gasteiger partial charge in [0.15, 0.2) is 0 Å². The van der Waals surface area contributed by atoms with Crippen LogP contribution in [0.2, 0.25) is 5.02 Å². The summed E-state index contributed by atoms with van der Waals surface area (Å²) in [6.45, 7) is 1.85. The monoisotopic (exact) mass is 345 g/mol. The van der Waals surface area contributed by atoms with Crippen molar-refractivity contribution in [2.45, 2.75) is 6.92 Å². The van der Waals surface area contributed by atoms with Gasteiger partial charge in [0.2, 0.25) is 5.78 Å². The van der Waals surface area contributed by atoms with Crippen molar-refractivity contribution in [3.05, 3.63) is 64.7 Å². The van der Waals surface area contributed by atoms with E-state index >= 15 is 0 Å². The fourth-order valence-electron chi connectivity index (χ4n) is 2.00. The first-order valence-corrected chi connectivity index (χ1v) is 7.45. The van der Waals surface area contributed by atoms with E-state index in [0.717, 1.165) is 11.6 Å². The van der Waals surface area contributed by atoms with Gasteiger partial charge in [-0.05, 0) is 48.9 Å². The molecule has 1 amide bonds. The molecule has 6 heteroatoms. The predicted octanol–water partition coefficient (Wildman–Crippen LogP) is 3.76. The van der Waals surface area contributed by atoms with Gasteiger partial charge in [-0.25, -0.2) is 0 Å². The standard InChI is InChI=1S/C18H16ClNO4/c1-11-3-8-17(24-2)14(9-11)20-18(23)16(22)10-15(21)12-4-6-13(19)7-5-12/h3-10,21H,1-2H3,(H,20,23). The molecule has 0 aromatic heterocycles. The maximum absolute atomic E-state index is 12.0. The van der Waals surface area contributed by atoms with Gasteiger partial charge in [-0.3, -0.25) is 9.59 Å². The number of hydrogen-bond donors (Lipinski definition) is 2. The van der Waals surface area contributed by atoms with Gasteiger partial charge in [-0.1, -0.05) is 17.7 Å². The number of methoxy groups -OCH3 is 1. The summed E-state index contributed by atoms with van der Waals surface area (Å²) in [5.41, 5.74) is 1.67. The summed E-state index contributed by atoms with van der Waals surface area (Å²) in [5, 5.41) is 12.9. The lowest BCUT2D eigenvalue weighted by atomic mass is 10.1. The molecule has 0 saturated heterocycles. The Kier molecular flexibility index (Phi) is 5.60. The molecule has 2 rings (SSSR count). The lowest BCUT2D eigenvalue weighted by Gasteiger charge is -2.10. The second-order valence-corrected chi connectivity index (χ2v) is 5.50. The normalized spacial score (nSPS) is 11.0. The number of ketones is 1. The Balaban J connectivity index is 2.15. The molecule has 0 aliphatic rings. The summed E-state index contributed by atoms with van der Waals surface area (Å²) in [7, 11) is 1.47. The highest BCUT2D eigenvalue weighted by atomic mass is 35.5. The third-order valence-corrected chi connectivity index (χ3v) is 3.49. The summed E-state index contributed by atoms with van der Waals surface area (Å²) in [6.07, 6.45) is 0.862. The number of halogens is 1. The van der Waals surface area contributed by atoms with Crippen LogP contribution in [0.3, 0.4) is 0 Å². The zero-order valence-electron chi connectivity index (χ0n) is 13.2. The predicted molar refractivity (Wildman–Crippen MR) is 93.4 cm³/mol. The Bertz CT molecular complexity index is 797. The van der Waals surface area contributed by atoms with E-state index in [1.807, 2.05) is 13.0 Å². The van der Waals surface area contributed by atoms with Crippen molar-refractivity contribution in [2.75, 3.05) is 12.4 Å². The van der Waals surface area contributed by atoms with Gasteiger partial charge in [-0.15, -0.1) is 0 Å². The molecule has 5 nitrogen and oxygen atoms in total. The third kappa shape index (κ3) is 4.36. The molecular formula is C18H16ClNO4. The van der Waals surface area contributed by atoms with E-state index in [1.165, 1.54) is 7.11 Å². The molecular weight excluding hydrogens is 330 g/mol. The van der Waals surface area contributed by atoms with E-state index in [2.05, 4.69) is 5.32 Å². The van der Waals surface area contributed by atoms with Crippen LogP contribution in [0.15, 0.2) is 48.5 Å². The number of anilines is 1. The minimum Gasteiger partial charge on any atom is -0.507 e. The summed E-state index contributed by atoms with van der Waals surface area (Å²) >= 11 is 5.76. The number of carbonyl (C=O) groups is 2. The first-order chi connectivity index (χ1) is 11.4. The molecule has 0 aliphatic carbocycles. The Morgan fingerprint density at radius 1 is 1.17 bits per heavy atom. The number of hydrogen-bond acceptors (Lipinski definition) is 4. The van der Waals surface area contributed by atoms with E-state index < -0.39 is 11.7 Å². The molecule has 0 saturated carbocycles. The van der Waals surface area contributed by atoms with Crippen LogP contribution < -0.4 is 10.1 Å². The van der Waals surface area contributed by atoms with E-state index in [1.54, 1.807) is 36.4 Å². The number of aliphatic hydroxyl groups excluding tert-OH is 1. The minimum atomic E-state index is -0.883. The van der Waals surface area contributed by atoms with Crippen molar-refractivity contribution < 1.29 is 19.4 Å². The van der Waals surface area contributed by atoms with E-state index in [9.17, 15) is 14.7 Å². The fraction of sp³-hybridized carbons (Fsp3) is 0.111. The molecule has 0 fully saturated rings. The smallest absolute Gasteiger partial charge is 0.296 e. The van der Waals surface area contributed by atoms with E-state index in [-0.39, 0.29) is 5.76 Å². The summed E-state index contributed by atoms with van der Waals surface area (Å²) < 4.78 is 5.14. The Labute approximate surface area is 144 Å². The fourth-order valence-corrected chi connectivity index (χ4v) is 2.12. The van der Waals surface area contributed by atoms with Gasteiger partial charge in [0.1, 0.15) is 11.5 Å². The number of nitrogens with one attached hydrogen (secondary N) is 1. The molecule has 0 spiro atoms. The second kappa shape index (κ2) is 7.66. The van der Waals surface area contributed by atoms with Gasteiger partial charge in [0.25, 0.3) is 5.91 Å². The van der Waals surface area contributed by atoms with Gasteiger partial charge >= 0.3 is 0 Å². The Morgan fingerprint density at radius 2 is 1.83 bits per heavy atom. The number of amides is 1. The first kappa shape index (κ1) is 17.6. The van der Waals surface area contributed by atoms with Crippen LogP contribution >= 0.6 is 11.6 Å². The van der Waals surface area contributed by atoms with Crippen LogP contribution in [0, 0.1) is 6.92 Å². The van der Waals surface area contributed by atoms with Crippen LogP contribution in [0.1, 0.15) is 11.1 Å². The number of aryl methyl sites for hydroxylation is 1. The molecule has 0 bridgehead atoms. The maximum Gasteiger partial charge on any atom is 0.296 e. The van der Waals surface area contributed by atoms with Gasteiger partial charge in [-0.2, -0.15) is 0 Å². The maximum atomic E-state index is 12.0. The van der Waals surface area contributed by atoms with Gasteiger partial charge in [0, 0.05) is 16.7 Å². The summed E-state index contributed by atoms with van der Waals surface area (Å²) in [6, 6.07) is 11.4. The lowest BCUT2D eigenvalue weighted by molar-refractivity contribution is -0.132. The number of rotatable bonds is 5. The number of ether oxygens (including phenoxy) is 1. The van der Waals surface area contributed by atoms with Crippen molar-refractivity contribution in [3.63, 3.8) is 0 Å². The lowest BCUT2D eigenvalue weighted by Crippen LogP contribution is -2.21. The average molecular weight is 346 g/mol. The highest BCUT2D eigenvalue weighted by Gasteiger charge is 2.15. The van der Waals surface area contributed by atoms with Crippen LogP contribution in [0.25, 0.3) is 5.76 Å². The average Bonchev–Trinajstić information content (AvgIpc) is 2.55. The molecule has 0 radical (unpaired) electrons. The Morgan fingerprint density at radius 3 is 2.46 bits per heavy atom. The quantitative estimate of drug-likeness (QED) is 0.491. The number of benzene rings is 2. The highest BCUT2D eigenvalue weighted by molar-refractivity contribution is 6.45. The van der Waals surface area contributed by atoms with Crippen molar-refractivity contribution in [1.82, 2.24) is 0 Å². The molecule has 0 atom stereocenters. The molecule has 0 heterocycles. The zero-order chi connectivity index (χ0) is 17.7. The molecule has 2 N–H and O–H groups in total. The third-order valence-electron chi connectivity index (χ3n) is 3.23. The topological polar surface area (TPSA) is 75.6 Å². The van der Waals surface area contributed by atoms with Crippen LogP contribution in [0.4, 0.5) is 5.69 Å². The van der Waals surface area contributed by atoms with Crippen LogP contribution in [0.5, 0.6) is 5.75 Å². The van der Waals surface area contributed by atoms with E-state index in [0.29, 0.717) is 22.0 Å². The number of carbonyl (C=O) groups excluding carboxylic acids is 2. The van der Waals surface area contributed by atoms with Crippen molar-refractivity contribution in [1.29, 1.82) is 0 Å². The minimum absolute atomic E-state index is 0.317. The summed E-state index contributed by atoms with van der Waals surface area (Å²) in [4.78, 5) is 24.0. The zero-order valence-corrected chi connectivity index (χ0v) is 13.9. The Hall–Kier alpha value is -2.79. The molecule has 124 valence electrons. The van der Waals surface area contributed by atoms with Crippen molar-refractivity contribution in [2.24, 2.45) is 0 Å². The first-order valence-electron chi connectivity index (χ1n) is 7.07. The SMILES string of the molecule is COc1ccc(C)cc1NC(=O)C(=O)C=C(O)c1ccc(Cl)cc1. The van der Waals surface area contributed by atoms with Crippen molar-refractivity contribution in [3.8, 4) is 5.75 Å². The van der Waals surface area contributed by atoms with Crippen molar-refractivity contribution >= 4 is 34.7 Å². The molecule has 0 aliphatic heterocycles. The number of aliphatic hydroxyl groups is 1. The molecule has 24 heavy (non-hydrogen) atoms. The van der Waals surface area contributed by atoms with Crippen LogP contribution in [-0.2, 0) is 9.59 Å². The summed E-state index contributed by atoms with van der Waals surface area (Å²) in [5.74, 6) is -1.64. The molecule has 2 aromatic rings. The largest absolute Gasteiger partial charge is 0.507 e. The van der Waals surface area contributed by atoms with E-state index in [4.69, 9.17) is 16.3 Å². The highest BCUT2D eigenvalue weighted by Crippen LogP contribution is 2.25. The molecule has 2 aromatic carbocycles.